The summed E-state index contributed by atoms with van der Waals surface area (Å²) in [6.45, 7) is 4.12. The first-order valence-electron chi connectivity index (χ1n) is 8.54. The van der Waals surface area contributed by atoms with E-state index >= 15 is 0 Å². The third kappa shape index (κ3) is 5.58. The lowest BCUT2D eigenvalue weighted by Crippen LogP contribution is -2.30. The van der Waals surface area contributed by atoms with Gasteiger partial charge in [0.05, 0.1) is 6.04 Å². The first-order valence-corrected chi connectivity index (χ1v) is 8.54. The Morgan fingerprint density at radius 1 is 1.22 bits per heavy atom. The van der Waals surface area contributed by atoms with Crippen LogP contribution in [0.5, 0.6) is 0 Å². The van der Waals surface area contributed by atoms with Gasteiger partial charge in [0, 0.05) is 18.2 Å². The Balaban J connectivity index is 1.60. The zero-order valence-corrected chi connectivity index (χ0v) is 14.0. The quantitative estimate of drug-likeness (QED) is 0.644. The van der Waals surface area contributed by atoms with Gasteiger partial charge < -0.3 is 16.0 Å². The van der Waals surface area contributed by atoms with E-state index in [-0.39, 0.29) is 24.0 Å². The molecule has 0 radical (unpaired) electrons. The predicted molar refractivity (Wildman–Crippen MR) is 92.5 cm³/mol. The second kappa shape index (κ2) is 8.56. The van der Waals surface area contributed by atoms with Gasteiger partial charge in [-0.25, -0.2) is 4.79 Å². The number of benzene rings is 1. The van der Waals surface area contributed by atoms with E-state index in [1.807, 2.05) is 25.1 Å². The van der Waals surface area contributed by atoms with Crippen LogP contribution in [0.1, 0.15) is 51.5 Å². The molecule has 0 saturated carbocycles. The average molecular weight is 317 g/mol. The first kappa shape index (κ1) is 17.3. The standard InChI is InChI=1S/C18H27N3O2/c1-3-14-8-7-9-15(12-14)20-17(22)11-6-4-5-10-16-13(2)19-18(23)21-16/h7-9,12-13,16H,3-6,10-11H2,1-2H3,(H,20,22)(H2,19,21,23)/t13-,16+/m0/s1. The fraction of sp³-hybridized carbons (Fsp3) is 0.556. The number of nitrogens with one attached hydrogen (secondary N) is 3. The number of amides is 3. The molecule has 1 aliphatic rings. The molecule has 2 rings (SSSR count). The number of unbranched alkanes of at least 4 members (excludes halogenated alkanes) is 2. The molecule has 1 aromatic rings. The van der Waals surface area contributed by atoms with Crippen molar-refractivity contribution in [1.82, 2.24) is 10.6 Å². The highest BCUT2D eigenvalue weighted by Crippen LogP contribution is 2.14. The highest BCUT2D eigenvalue weighted by molar-refractivity contribution is 5.90. The largest absolute Gasteiger partial charge is 0.334 e. The number of hydrogen-bond acceptors (Lipinski definition) is 2. The highest BCUT2D eigenvalue weighted by atomic mass is 16.2. The van der Waals surface area contributed by atoms with Gasteiger partial charge in [0.2, 0.25) is 5.91 Å². The number of hydrogen-bond donors (Lipinski definition) is 3. The third-order valence-corrected chi connectivity index (χ3v) is 4.32. The van der Waals surface area contributed by atoms with Gasteiger partial charge in [0.25, 0.3) is 0 Å². The maximum Gasteiger partial charge on any atom is 0.315 e. The molecule has 1 saturated heterocycles. The molecule has 0 unspecified atom stereocenters. The molecule has 0 spiro atoms. The zero-order valence-electron chi connectivity index (χ0n) is 14.0. The monoisotopic (exact) mass is 317 g/mol. The van der Waals surface area contributed by atoms with Gasteiger partial charge in [0.15, 0.2) is 0 Å². The van der Waals surface area contributed by atoms with E-state index in [1.165, 1.54) is 5.56 Å². The molecule has 0 aliphatic carbocycles. The Kier molecular flexibility index (Phi) is 6.44. The van der Waals surface area contributed by atoms with Gasteiger partial charge in [-0.1, -0.05) is 31.9 Å². The van der Waals surface area contributed by atoms with E-state index in [1.54, 1.807) is 0 Å². The van der Waals surface area contributed by atoms with Crippen LogP contribution in [0.2, 0.25) is 0 Å². The van der Waals surface area contributed by atoms with Gasteiger partial charge in [-0.05, 0) is 43.9 Å². The van der Waals surface area contributed by atoms with Crippen molar-refractivity contribution in [2.45, 2.75) is 64.5 Å². The normalized spacial score (nSPS) is 20.0. The minimum absolute atomic E-state index is 0.0717. The highest BCUT2D eigenvalue weighted by Gasteiger charge is 2.26. The summed E-state index contributed by atoms with van der Waals surface area (Å²) in [5.74, 6) is 0.0717. The van der Waals surface area contributed by atoms with Crippen LogP contribution in [0.25, 0.3) is 0 Å². The Hall–Kier alpha value is -2.04. The lowest BCUT2D eigenvalue weighted by atomic mass is 10.0. The van der Waals surface area contributed by atoms with Gasteiger partial charge in [-0.15, -0.1) is 0 Å². The molecule has 1 aliphatic heterocycles. The second-order valence-corrected chi connectivity index (χ2v) is 6.21. The maximum absolute atomic E-state index is 11.9. The van der Waals surface area contributed by atoms with Crippen LogP contribution in [-0.4, -0.2) is 24.0 Å². The number of urea groups is 1. The summed E-state index contributed by atoms with van der Waals surface area (Å²) in [6, 6.07) is 8.32. The van der Waals surface area contributed by atoms with Crippen molar-refractivity contribution in [3.8, 4) is 0 Å². The summed E-state index contributed by atoms with van der Waals surface area (Å²) < 4.78 is 0. The molecule has 5 heteroatoms. The molecule has 23 heavy (non-hydrogen) atoms. The Morgan fingerprint density at radius 3 is 2.74 bits per heavy atom. The summed E-state index contributed by atoms with van der Waals surface area (Å²) >= 11 is 0. The third-order valence-electron chi connectivity index (χ3n) is 4.32. The van der Waals surface area contributed by atoms with E-state index in [4.69, 9.17) is 0 Å². The van der Waals surface area contributed by atoms with Crippen LogP contribution in [0.15, 0.2) is 24.3 Å². The lowest BCUT2D eigenvalue weighted by Gasteiger charge is -2.13. The molecule has 0 bridgehead atoms. The van der Waals surface area contributed by atoms with Crippen LogP contribution in [0.3, 0.4) is 0 Å². The number of rotatable bonds is 8. The summed E-state index contributed by atoms with van der Waals surface area (Å²) in [7, 11) is 0. The summed E-state index contributed by atoms with van der Waals surface area (Å²) in [4.78, 5) is 23.1. The molecule has 0 aromatic heterocycles. The van der Waals surface area contributed by atoms with Gasteiger partial charge in [-0.2, -0.15) is 0 Å². The summed E-state index contributed by atoms with van der Waals surface area (Å²) in [5.41, 5.74) is 2.10. The predicted octanol–water partition coefficient (Wildman–Crippen LogP) is 3.21. The summed E-state index contributed by atoms with van der Waals surface area (Å²) in [5, 5.41) is 8.72. The molecule has 3 N–H and O–H groups in total. The second-order valence-electron chi connectivity index (χ2n) is 6.21. The van der Waals surface area contributed by atoms with Crippen molar-refractivity contribution in [3.05, 3.63) is 29.8 Å². The van der Waals surface area contributed by atoms with Crippen molar-refractivity contribution in [2.75, 3.05) is 5.32 Å². The van der Waals surface area contributed by atoms with Crippen molar-refractivity contribution >= 4 is 17.6 Å². The molecular weight excluding hydrogens is 290 g/mol. The fourth-order valence-electron chi connectivity index (χ4n) is 2.88. The van der Waals surface area contributed by atoms with E-state index < -0.39 is 0 Å². The molecule has 3 amide bonds. The van der Waals surface area contributed by atoms with Crippen LogP contribution in [-0.2, 0) is 11.2 Å². The number of aryl methyl sites for hydroxylation is 1. The van der Waals surface area contributed by atoms with Crippen molar-refractivity contribution in [3.63, 3.8) is 0 Å². The molecule has 126 valence electrons. The zero-order chi connectivity index (χ0) is 16.7. The van der Waals surface area contributed by atoms with E-state index in [0.29, 0.717) is 6.42 Å². The maximum atomic E-state index is 11.9. The molecular formula is C18H27N3O2. The number of carbonyl (C=O) groups excluding carboxylic acids is 2. The Labute approximate surface area is 138 Å². The summed E-state index contributed by atoms with van der Waals surface area (Å²) in [6.07, 6.45) is 5.37. The fourth-order valence-corrected chi connectivity index (χ4v) is 2.88. The average Bonchev–Trinajstić information content (AvgIpc) is 2.85. The van der Waals surface area contributed by atoms with Gasteiger partial charge in [-0.3, -0.25) is 4.79 Å². The molecule has 1 aromatic carbocycles. The van der Waals surface area contributed by atoms with Gasteiger partial charge in [0.1, 0.15) is 0 Å². The number of carbonyl (C=O) groups is 2. The SMILES string of the molecule is CCc1cccc(NC(=O)CCCCC[C@H]2NC(=O)N[C@H]2C)c1. The van der Waals surface area contributed by atoms with Crippen molar-refractivity contribution < 1.29 is 9.59 Å². The van der Waals surface area contributed by atoms with Crippen LogP contribution >= 0.6 is 0 Å². The number of anilines is 1. The van der Waals surface area contributed by atoms with Crippen LogP contribution in [0.4, 0.5) is 10.5 Å². The molecule has 2 atom stereocenters. The molecule has 5 nitrogen and oxygen atoms in total. The first-order chi connectivity index (χ1) is 11.1. The Bertz CT molecular complexity index is 545. The van der Waals surface area contributed by atoms with Crippen molar-refractivity contribution in [1.29, 1.82) is 0 Å². The lowest BCUT2D eigenvalue weighted by molar-refractivity contribution is -0.116. The van der Waals surface area contributed by atoms with Crippen LogP contribution in [0, 0.1) is 0 Å². The van der Waals surface area contributed by atoms with E-state index in [9.17, 15) is 9.59 Å². The Morgan fingerprint density at radius 2 is 2.04 bits per heavy atom. The molecule has 1 heterocycles. The minimum atomic E-state index is -0.0730. The van der Waals surface area contributed by atoms with E-state index in [2.05, 4.69) is 28.9 Å². The minimum Gasteiger partial charge on any atom is -0.334 e. The smallest absolute Gasteiger partial charge is 0.315 e. The van der Waals surface area contributed by atoms with E-state index in [0.717, 1.165) is 37.8 Å². The van der Waals surface area contributed by atoms with Crippen molar-refractivity contribution in [2.24, 2.45) is 0 Å². The van der Waals surface area contributed by atoms with Crippen LogP contribution < -0.4 is 16.0 Å². The topological polar surface area (TPSA) is 70.2 Å². The molecule has 1 fully saturated rings. The van der Waals surface area contributed by atoms with Gasteiger partial charge >= 0.3 is 6.03 Å².